The van der Waals surface area contributed by atoms with Gasteiger partial charge in [0.1, 0.15) is 16.9 Å². The molecule has 0 amide bonds. The van der Waals surface area contributed by atoms with Crippen LogP contribution in [0.15, 0.2) is 41.3 Å². The molecule has 5 nitrogen and oxygen atoms in total. The Kier molecular flexibility index (Phi) is 3.48. The minimum atomic E-state index is -0.151. The maximum atomic E-state index is 12.3. The minimum Gasteiger partial charge on any atom is -0.317 e. The Bertz CT molecular complexity index is 827. The lowest BCUT2D eigenvalue weighted by atomic mass is 10.1. The zero-order chi connectivity index (χ0) is 14.8. The summed E-state index contributed by atoms with van der Waals surface area (Å²) in [5.41, 5.74) is 3.25. The molecule has 21 heavy (non-hydrogen) atoms. The summed E-state index contributed by atoms with van der Waals surface area (Å²) in [4.78, 5) is 19.7. The van der Waals surface area contributed by atoms with Crippen molar-refractivity contribution in [3.05, 3.63) is 52.6 Å². The monoisotopic (exact) mass is 280 g/mol. The predicted molar refractivity (Wildman–Crippen MR) is 82.1 cm³/mol. The van der Waals surface area contributed by atoms with Crippen LogP contribution in [0.1, 0.15) is 31.9 Å². The summed E-state index contributed by atoms with van der Waals surface area (Å²) in [6.07, 6.45) is 2.45. The van der Waals surface area contributed by atoms with Crippen molar-refractivity contribution < 1.29 is 0 Å². The molecule has 0 spiro atoms. The van der Waals surface area contributed by atoms with E-state index in [2.05, 4.69) is 20.2 Å². The molecule has 3 aromatic rings. The van der Waals surface area contributed by atoms with Gasteiger partial charge in [0, 0.05) is 11.5 Å². The molecular formula is C16H16N4O. The number of benzene rings is 1. The third-order valence-corrected chi connectivity index (χ3v) is 3.67. The molecule has 0 fully saturated rings. The Morgan fingerprint density at radius 1 is 1.24 bits per heavy atom. The third-order valence-electron chi connectivity index (χ3n) is 3.67. The van der Waals surface area contributed by atoms with Gasteiger partial charge in [-0.15, -0.1) is 5.10 Å². The Balaban J connectivity index is 2.26. The van der Waals surface area contributed by atoms with Gasteiger partial charge in [0.15, 0.2) is 0 Å². The number of rotatable bonds is 3. The molecular weight excluding hydrogens is 264 g/mol. The molecule has 2 heterocycles. The summed E-state index contributed by atoms with van der Waals surface area (Å²) in [6, 6.07) is 9.66. The first-order chi connectivity index (χ1) is 10.2. The van der Waals surface area contributed by atoms with Crippen LogP contribution in [-0.4, -0.2) is 20.2 Å². The van der Waals surface area contributed by atoms with Crippen molar-refractivity contribution >= 4 is 11.0 Å². The van der Waals surface area contributed by atoms with Crippen molar-refractivity contribution in [2.75, 3.05) is 0 Å². The summed E-state index contributed by atoms with van der Waals surface area (Å²) < 4.78 is 0. The molecule has 1 aromatic carbocycles. The first-order valence-corrected chi connectivity index (χ1v) is 7.01. The van der Waals surface area contributed by atoms with Crippen LogP contribution in [0.5, 0.6) is 0 Å². The summed E-state index contributed by atoms with van der Waals surface area (Å²) in [5, 5.41) is 8.16. The normalized spacial score (nSPS) is 12.5. The first kappa shape index (κ1) is 13.4. The van der Waals surface area contributed by atoms with Gasteiger partial charge in [-0.1, -0.05) is 44.2 Å². The van der Waals surface area contributed by atoms with E-state index in [4.69, 9.17) is 0 Å². The van der Waals surface area contributed by atoms with E-state index in [0.29, 0.717) is 22.4 Å². The predicted octanol–water partition coefficient (Wildman–Crippen LogP) is 2.89. The Morgan fingerprint density at radius 2 is 2.00 bits per heavy atom. The van der Waals surface area contributed by atoms with E-state index in [1.54, 1.807) is 6.20 Å². The highest BCUT2D eigenvalue weighted by Gasteiger charge is 2.14. The Labute approximate surface area is 122 Å². The lowest BCUT2D eigenvalue weighted by molar-refractivity contribution is 0.699. The van der Waals surface area contributed by atoms with Crippen LogP contribution in [0.25, 0.3) is 22.3 Å². The van der Waals surface area contributed by atoms with Gasteiger partial charge >= 0.3 is 0 Å². The molecule has 106 valence electrons. The second-order valence-electron chi connectivity index (χ2n) is 5.08. The zero-order valence-corrected chi connectivity index (χ0v) is 12.0. The highest BCUT2D eigenvalue weighted by atomic mass is 16.1. The quantitative estimate of drug-likeness (QED) is 0.800. The maximum absolute atomic E-state index is 12.3. The third kappa shape index (κ3) is 2.42. The first-order valence-electron chi connectivity index (χ1n) is 7.01. The van der Waals surface area contributed by atoms with E-state index in [1.807, 2.05) is 44.2 Å². The van der Waals surface area contributed by atoms with Gasteiger partial charge in [0.05, 0.1) is 11.7 Å². The number of hydrogen-bond donors (Lipinski definition) is 1. The fourth-order valence-corrected chi connectivity index (χ4v) is 2.27. The van der Waals surface area contributed by atoms with Crippen LogP contribution in [0.4, 0.5) is 0 Å². The van der Waals surface area contributed by atoms with Gasteiger partial charge < -0.3 is 4.98 Å². The molecule has 0 radical (unpaired) electrons. The Hall–Kier alpha value is -2.56. The number of nitrogens with zero attached hydrogens (tertiary/aromatic N) is 3. The van der Waals surface area contributed by atoms with E-state index in [-0.39, 0.29) is 11.5 Å². The molecule has 1 atom stereocenters. The van der Waals surface area contributed by atoms with Crippen molar-refractivity contribution in [2.24, 2.45) is 0 Å². The summed E-state index contributed by atoms with van der Waals surface area (Å²) in [6.45, 7) is 4.03. The van der Waals surface area contributed by atoms with Crippen molar-refractivity contribution in [2.45, 2.75) is 26.2 Å². The molecule has 5 heteroatoms. The van der Waals surface area contributed by atoms with Crippen molar-refractivity contribution in [3.63, 3.8) is 0 Å². The summed E-state index contributed by atoms with van der Waals surface area (Å²) in [5.74, 6) is 0.117. The number of H-pyrrole nitrogens is 1. The molecule has 0 aliphatic heterocycles. The number of nitrogens with one attached hydrogen (secondary N) is 1. The second kappa shape index (κ2) is 5.44. The topological polar surface area (TPSA) is 71.5 Å². The van der Waals surface area contributed by atoms with Crippen LogP contribution in [0.3, 0.4) is 0 Å². The van der Waals surface area contributed by atoms with Crippen LogP contribution in [0, 0.1) is 0 Å². The SMILES string of the molecule is CCC(C)c1nc2cnnc(-c3ccccc3)c2[nH]c1=O. The largest absolute Gasteiger partial charge is 0.317 e. The average molecular weight is 280 g/mol. The van der Waals surface area contributed by atoms with Gasteiger partial charge in [0.2, 0.25) is 0 Å². The van der Waals surface area contributed by atoms with Crippen LogP contribution < -0.4 is 5.56 Å². The van der Waals surface area contributed by atoms with Crippen molar-refractivity contribution in [3.8, 4) is 11.3 Å². The lowest BCUT2D eigenvalue weighted by Crippen LogP contribution is -2.18. The molecule has 3 rings (SSSR count). The lowest BCUT2D eigenvalue weighted by Gasteiger charge is -2.09. The van der Waals surface area contributed by atoms with E-state index in [9.17, 15) is 4.79 Å². The van der Waals surface area contributed by atoms with E-state index in [0.717, 1.165) is 12.0 Å². The van der Waals surface area contributed by atoms with Gasteiger partial charge in [-0.05, 0) is 6.42 Å². The molecule has 1 N–H and O–H groups in total. The number of hydrogen-bond acceptors (Lipinski definition) is 4. The Morgan fingerprint density at radius 3 is 2.71 bits per heavy atom. The van der Waals surface area contributed by atoms with Gasteiger partial charge in [0.25, 0.3) is 5.56 Å². The number of aromatic amines is 1. The molecule has 2 aromatic heterocycles. The molecule has 0 aliphatic carbocycles. The van der Waals surface area contributed by atoms with Gasteiger partial charge in [-0.25, -0.2) is 4.98 Å². The maximum Gasteiger partial charge on any atom is 0.270 e. The van der Waals surface area contributed by atoms with E-state index >= 15 is 0 Å². The molecule has 0 bridgehead atoms. The fourth-order valence-electron chi connectivity index (χ4n) is 2.27. The standard InChI is InChI=1S/C16H16N4O/c1-3-10(2)13-16(21)19-15-12(18-13)9-17-20-14(15)11-7-5-4-6-8-11/h4-10H,3H2,1-2H3,(H,19,21). The van der Waals surface area contributed by atoms with Crippen LogP contribution >= 0.6 is 0 Å². The zero-order valence-electron chi connectivity index (χ0n) is 12.0. The van der Waals surface area contributed by atoms with Crippen molar-refractivity contribution in [1.29, 1.82) is 0 Å². The second-order valence-corrected chi connectivity index (χ2v) is 5.08. The molecule has 0 saturated carbocycles. The van der Waals surface area contributed by atoms with Crippen LogP contribution in [-0.2, 0) is 0 Å². The molecule has 1 unspecified atom stereocenters. The van der Waals surface area contributed by atoms with Crippen LogP contribution in [0.2, 0.25) is 0 Å². The average Bonchev–Trinajstić information content (AvgIpc) is 2.54. The fraction of sp³-hybridized carbons (Fsp3) is 0.250. The molecule has 0 saturated heterocycles. The van der Waals surface area contributed by atoms with Gasteiger partial charge in [-0.2, -0.15) is 5.10 Å². The summed E-state index contributed by atoms with van der Waals surface area (Å²) >= 11 is 0. The smallest absolute Gasteiger partial charge is 0.270 e. The number of fused-ring (bicyclic) bond motifs is 1. The number of aromatic nitrogens is 4. The molecule has 0 aliphatic rings. The highest BCUT2D eigenvalue weighted by molar-refractivity contribution is 5.87. The highest BCUT2D eigenvalue weighted by Crippen LogP contribution is 2.23. The minimum absolute atomic E-state index is 0.117. The van der Waals surface area contributed by atoms with E-state index in [1.165, 1.54) is 0 Å². The summed E-state index contributed by atoms with van der Waals surface area (Å²) in [7, 11) is 0. The van der Waals surface area contributed by atoms with Crippen molar-refractivity contribution in [1.82, 2.24) is 20.2 Å². The van der Waals surface area contributed by atoms with E-state index < -0.39 is 0 Å². The van der Waals surface area contributed by atoms with Gasteiger partial charge in [-0.3, -0.25) is 4.79 Å².